The predicted octanol–water partition coefficient (Wildman–Crippen LogP) is 2.09. The first-order chi connectivity index (χ1) is 10.3. The molecule has 0 aliphatic carbocycles. The average molecular weight is 308 g/mol. The highest BCUT2D eigenvalue weighted by Gasteiger charge is 2.32. The van der Waals surface area contributed by atoms with Crippen molar-refractivity contribution < 1.29 is 24.2 Å². The van der Waals surface area contributed by atoms with Gasteiger partial charge in [-0.3, -0.25) is 9.88 Å². The zero-order valence-corrected chi connectivity index (χ0v) is 12.9. The van der Waals surface area contributed by atoms with Crippen LogP contribution in [0.4, 0.5) is 4.79 Å². The predicted molar refractivity (Wildman–Crippen MR) is 77.7 cm³/mol. The number of morpholine rings is 1. The second kappa shape index (κ2) is 6.31. The van der Waals surface area contributed by atoms with Gasteiger partial charge in [0.25, 0.3) is 0 Å². The van der Waals surface area contributed by atoms with Crippen molar-refractivity contribution in [2.45, 2.75) is 32.4 Å². The largest absolute Gasteiger partial charge is 0.478 e. The van der Waals surface area contributed by atoms with E-state index < -0.39 is 23.7 Å². The van der Waals surface area contributed by atoms with E-state index in [1.165, 1.54) is 12.3 Å². The number of nitrogens with zero attached hydrogens (tertiary/aromatic N) is 2. The molecule has 1 fully saturated rings. The second-order valence-corrected chi connectivity index (χ2v) is 6.08. The van der Waals surface area contributed by atoms with E-state index >= 15 is 0 Å². The van der Waals surface area contributed by atoms with Crippen LogP contribution in [0.5, 0.6) is 0 Å². The van der Waals surface area contributed by atoms with Gasteiger partial charge in [-0.15, -0.1) is 0 Å². The van der Waals surface area contributed by atoms with Crippen molar-refractivity contribution in [2.75, 3.05) is 19.8 Å². The van der Waals surface area contributed by atoms with Gasteiger partial charge in [0.15, 0.2) is 0 Å². The van der Waals surface area contributed by atoms with Gasteiger partial charge in [0.2, 0.25) is 0 Å². The number of carboxylic acid groups (broad SMARTS) is 1. The number of hydrogen-bond acceptors (Lipinski definition) is 5. The highest BCUT2D eigenvalue weighted by atomic mass is 16.6. The number of hydrogen-bond donors (Lipinski definition) is 1. The van der Waals surface area contributed by atoms with E-state index in [-0.39, 0.29) is 12.2 Å². The second-order valence-electron chi connectivity index (χ2n) is 6.08. The lowest BCUT2D eigenvalue weighted by atomic mass is 10.1. The minimum atomic E-state index is -1.06. The number of aromatic nitrogens is 1. The molecular weight excluding hydrogens is 288 g/mol. The number of amides is 1. The van der Waals surface area contributed by atoms with Crippen molar-refractivity contribution in [3.05, 3.63) is 29.6 Å². The Kier molecular flexibility index (Phi) is 4.65. The van der Waals surface area contributed by atoms with Gasteiger partial charge in [-0.1, -0.05) is 0 Å². The number of rotatable bonds is 2. The molecule has 0 spiro atoms. The van der Waals surface area contributed by atoms with E-state index in [1.54, 1.807) is 31.9 Å². The van der Waals surface area contributed by atoms with Crippen LogP contribution in [0, 0.1) is 0 Å². The highest BCUT2D eigenvalue weighted by Crippen LogP contribution is 2.26. The molecule has 7 nitrogen and oxygen atoms in total. The molecule has 120 valence electrons. The van der Waals surface area contributed by atoms with E-state index in [2.05, 4.69) is 4.98 Å². The molecule has 1 unspecified atom stereocenters. The summed E-state index contributed by atoms with van der Waals surface area (Å²) in [7, 11) is 0. The lowest BCUT2D eigenvalue weighted by Gasteiger charge is -2.36. The van der Waals surface area contributed by atoms with Crippen molar-refractivity contribution in [2.24, 2.45) is 0 Å². The Morgan fingerprint density at radius 1 is 1.41 bits per heavy atom. The van der Waals surface area contributed by atoms with Crippen molar-refractivity contribution in [1.82, 2.24) is 9.88 Å². The zero-order chi connectivity index (χ0) is 16.3. The third kappa shape index (κ3) is 3.94. The van der Waals surface area contributed by atoms with Crippen LogP contribution in [0.3, 0.4) is 0 Å². The van der Waals surface area contributed by atoms with Crippen LogP contribution in [0.2, 0.25) is 0 Å². The average Bonchev–Trinajstić information content (AvgIpc) is 2.45. The standard InChI is InChI=1S/C15H20N2O5/c1-15(2,3)22-14(20)17-4-5-21-9-12(17)10-6-11(13(18)19)8-16-7-10/h6-8,12H,4-5,9H2,1-3H3,(H,18,19). The van der Waals surface area contributed by atoms with E-state index in [4.69, 9.17) is 14.6 Å². The Hall–Kier alpha value is -2.15. The van der Waals surface area contributed by atoms with Gasteiger partial charge in [-0.2, -0.15) is 0 Å². The minimum absolute atomic E-state index is 0.0761. The molecule has 1 aromatic heterocycles. The molecule has 2 heterocycles. The fourth-order valence-electron chi connectivity index (χ4n) is 2.18. The third-order valence-corrected chi connectivity index (χ3v) is 3.15. The Labute approximate surface area is 128 Å². The SMILES string of the molecule is CC(C)(C)OC(=O)N1CCOCC1c1cncc(C(=O)O)c1. The van der Waals surface area contributed by atoms with Gasteiger partial charge >= 0.3 is 12.1 Å². The van der Waals surface area contributed by atoms with Crippen molar-refractivity contribution >= 4 is 12.1 Å². The molecule has 0 radical (unpaired) electrons. The normalized spacial score (nSPS) is 18.9. The maximum atomic E-state index is 12.3. The summed E-state index contributed by atoms with van der Waals surface area (Å²) >= 11 is 0. The van der Waals surface area contributed by atoms with Crippen LogP contribution in [0.25, 0.3) is 0 Å². The summed E-state index contributed by atoms with van der Waals surface area (Å²) in [6.07, 6.45) is 2.37. The Morgan fingerprint density at radius 3 is 2.77 bits per heavy atom. The smallest absolute Gasteiger partial charge is 0.410 e. The Morgan fingerprint density at radius 2 is 2.14 bits per heavy atom. The number of ether oxygens (including phenoxy) is 2. The van der Waals surface area contributed by atoms with E-state index in [9.17, 15) is 9.59 Å². The maximum Gasteiger partial charge on any atom is 0.410 e. The molecule has 1 amide bonds. The number of carboxylic acids is 1. The molecule has 22 heavy (non-hydrogen) atoms. The molecule has 2 rings (SSSR count). The van der Waals surface area contributed by atoms with Crippen molar-refractivity contribution in [1.29, 1.82) is 0 Å². The number of pyridine rings is 1. The summed E-state index contributed by atoms with van der Waals surface area (Å²) < 4.78 is 10.8. The van der Waals surface area contributed by atoms with Crippen LogP contribution >= 0.6 is 0 Å². The van der Waals surface area contributed by atoms with Crippen LogP contribution in [0.1, 0.15) is 42.7 Å². The summed E-state index contributed by atoms with van der Waals surface area (Å²) in [6, 6.07) is 1.10. The van der Waals surface area contributed by atoms with Gasteiger partial charge in [0.1, 0.15) is 5.60 Å². The van der Waals surface area contributed by atoms with Crippen LogP contribution < -0.4 is 0 Å². The van der Waals surface area contributed by atoms with Gasteiger partial charge in [0, 0.05) is 18.9 Å². The summed E-state index contributed by atoms with van der Waals surface area (Å²) in [5.41, 5.74) is 0.0962. The topological polar surface area (TPSA) is 89.0 Å². The first kappa shape index (κ1) is 16.2. The Bertz CT molecular complexity index is 567. The molecule has 1 aromatic rings. The van der Waals surface area contributed by atoms with Crippen molar-refractivity contribution in [3.8, 4) is 0 Å². The molecule has 1 aliphatic rings. The van der Waals surface area contributed by atoms with E-state index in [1.807, 2.05) is 0 Å². The molecule has 1 N–H and O–H groups in total. The fourth-order valence-corrected chi connectivity index (χ4v) is 2.18. The molecule has 1 atom stereocenters. The third-order valence-electron chi connectivity index (χ3n) is 3.15. The summed E-state index contributed by atoms with van der Waals surface area (Å²) in [6.45, 7) is 6.48. The Balaban J connectivity index is 2.24. The monoisotopic (exact) mass is 308 g/mol. The first-order valence-electron chi connectivity index (χ1n) is 7.03. The minimum Gasteiger partial charge on any atom is -0.478 e. The van der Waals surface area contributed by atoms with E-state index in [0.717, 1.165) is 0 Å². The van der Waals surface area contributed by atoms with Gasteiger partial charge in [0.05, 0.1) is 24.8 Å². The molecule has 0 saturated carbocycles. The van der Waals surface area contributed by atoms with Crippen molar-refractivity contribution in [3.63, 3.8) is 0 Å². The number of aromatic carboxylic acids is 1. The first-order valence-corrected chi connectivity index (χ1v) is 7.03. The number of carbonyl (C=O) groups excluding carboxylic acids is 1. The summed E-state index contributed by atoms with van der Waals surface area (Å²) in [5.74, 6) is -1.06. The van der Waals surface area contributed by atoms with E-state index in [0.29, 0.717) is 18.7 Å². The highest BCUT2D eigenvalue weighted by molar-refractivity contribution is 5.87. The molecule has 0 bridgehead atoms. The molecule has 1 aliphatic heterocycles. The quantitative estimate of drug-likeness (QED) is 0.900. The summed E-state index contributed by atoms with van der Waals surface area (Å²) in [5, 5.41) is 9.06. The van der Waals surface area contributed by atoms with Crippen LogP contribution in [0.15, 0.2) is 18.5 Å². The summed E-state index contributed by atoms with van der Waals surface area (Å²) in [4.78, 5) is 28.9. The van der Waals surface area contributed by atoms with Crippen LogP contribution in [-0.4, -0.2) is 52.4 Å². The molecular formula is C15H20N2O5. The molecule has 0 aromatic carbocycles. The fraction of sp³-hybridized carbons (Fsp3) is 0.533. The maximum absolute atomic E-state index is 12.3. The zero-order valence-electron chi connectivity index (χ0n) is 12.9. The lowest BCUT2D eigenvalue weighted by molar-refractivity contribution is -0.0331. The van der Waals surface area contributed by atoms with Crippen LogP contribution in [-0.2, 0) is 9.47 Å². The van der Waals surface area contributed by atoms with Gasteiger partial charge in [-0.05, 0) is 32.4 Å². The molecule has 7 heteroatoms. The lowest BCUT2D eigenvalue weighted by Crippen LogP contribution is -2.45. The van der Waals surface area contributed by atoms with Gasteiger partial charge in [-0.25, -0.2) is 9.59 Å². The van der Waals surface area contributed by atoms with Gasteiger partial charge < -0.3 is 14.6 Å². The molecule has 1 saturated heterocycles. The number of carbonyl (C=O) groups is 2.